The molecule has 3 aromatic rings. The van der Waals surface area contributed by atoms with Crippen molar-refractivity contribution in [3.63, 3.8) is 0 Å². The zero-order valence-electron chi connectivity index (χ0n) is 16.7. The number of ether oxygens (including phenoxy) is 1. The Bertz CT molecular complexity index is 1150. The van der Waals surface area contributed by atoms with Crippen LogP contribution in [0.1, 0.15) is 21.5 Å². The number of hydrazone groups is 1. The van der Waals surface area contributed by atoms with Gasteiger partial charge in [-0.2, -0.15) is 5.10 Å². The molecular weight excluding hydrogens is 416 g/mol. The smallest absolute Gasteiger partial charge is 0.338 e. The van der Waals surface area contributed by atoms with Crippen LogP contribution in [0.25, 0.3) is 0 Å². The minimum atomic E-state index is -3.36. The van der Waals surface area contributed by atoms with Gasteiger partial charge in [0.25, 0.3) is 5.91 Å². The van der Waals surface area contributed by atoms with Crippen molar-refractivity contribution in [2.24, 2.45) is 5.10 Å². The van der Waals surface area contributed by atoms with E-state index in [9.17, 15) is 18.0 Å². The lowest BCUT2D eigenvalue weighted by molar-refractivity contribution is -0.124. The molecule has 0 aliphatic heterocycles. The monoisotopic (exact) mass is 436 g/mol. The number of carbonyl (C=O) groups excluding carboxylic acids is 2. The Kier molecular flexibility index (Phi) is 6.94. The van der Waals surface area contributed by atoms with Crippen molar-refractivity contribution in [3.05, 3.63) is 102 Å². The maximum atomic E-state index is 12.2. The largest absolute Gasteiger partial charge is 0.452 e. The molecule has 7 nitrogen and oxygen atoms in total. The maximum Gasteiger partial charge on any atom is 0.338 e. The SMILES string of the molecule is CS(=O)(=O)c1ccc(C(=O)OCC(=O)NN=C(c2ccccc2)c2ccccc2)cc1. The van der Waals surface area contributed by atoms with E-state index in [0.29, 0.717) is 5.71 Å². The predicted octanol–water partition coefficient (Wildman–Crippen LogP) is 2.82. The van der Waals surface area contributed by atoms with Gasteiger partial charge in [0.2, 0.25) is 0 Å². The summed E-state index contributed by atoms with van der Waals surface area (Å²) in [6.45, 7) is -0.535. The molecule has 0 fully saturated rings. The van der Waals surface area contributed by atoms with Gasteiger partial charge < -0.3 is 4.74 Å². The van der Waals surface area contributed by atoms with Crippen molar-refractivity contribution in [2.75, 3.05) is 12.9 Å². The van der Waals surface area contributed by atoms with E-state index in [0.717, 1.165) is 17.4 Å². The van der Waals surface area contributed by atoms with Crippen molar-refractivity contribution in [2.45, 2.75) is 4.90 Å². The molecule has 0 unspecified atom stereocenters. The molecule has 3 rings (SSSR count). The Labute approximate surface area is 180 Å². The lowest BCUT2D eigenvalue weighted by Crippen LogP contribution is -2.26. The molecule has 0 saturated heterocycles. The molecule has 0 saturated carbocycles. The quantitative estimate of drug-likeness (QED) is 0.349. The molecule has 1 N–H and O–H groups in total. The summed E-state index contributed by atoms with van der Waals surface area (Å²) in [5, 5.41) is 4.21. The van der Waals surface area contributed by atoms with Gasteiger partial charge in [-0.1, -0.05) is 60.7 Å². The van der Waals surface area contributed by atoms with Crippen LogP contribution in [0.15, 0.2) is 94.9 Å². The third-order valence-corrected chi connectivity index (χ3v) is 5.37. The molecule has 3 aromatic carbocycles. The van der Waals surface area contributed by atoms with Gasteiger partial charge in [-0.15, -0.1) is 0 Å². The Balaban J connectivity index is 1.65. The van der Waals surface area contributed by atoms with E-state index >= 15 is 0 Å². The maximum absolute atomic E-state index is 12.2. The van der Waals surface area contributed by atoms with Crippen LogP contribution < -0.4 is 5.43 Å². The highest BCUT2D eigenvalue weighted by atomic mass is 32.2. The normalized spacial score (nSPS) is 10.7. The zero-order valence-corrected chi connectivity index (χ0v) is 17.5. The Morgan fingerprint density at radius 2 is 1.32 bits per heavy atom. The first-order chi connectivity index (χ1) is 14.8. The van der Waals surface area contributed by atoms with Crippen LogP contribution in [-0.4, -0.2) is 38.9 Å². The fourth-order valence-corrected chi connectivity index (χ4v) is 3.32. The van der Waals surface area contributed by atoms with Crippen LogP contribution in [0, 0.1) is 0 Å². The minimum absolute atomic E-state index is 0.0884. The first kappa shape index (κ1) is 21.9. The molecule has 0 atom stereocenters. The van der Waals surface area contributed by atoms with Crippen molar-refractivity contribution in [1.29, 1.82) is 0 Å². The van der Waals surface area contributed by atoms with Crippen LogP contribution >= 0.6 is 0 Å². The minimum Gasteiger partial charge on any atom is -0.452 e. The second kappa shape index (κ2) is 9.82. The number of hydrogen-bond acceptors (Lipinski definition) is 6. The van der Waals surface area contributed by atoms with E-state index < -0.39 is 28.3 Å². The highest BCUT2D eigenvalue weighted by Gasteiger charge is 2.13. The molecule has 0 spiro atoms. The molecule has 31 heavy (non-hydrogen) atoms. The molecule has 158 valence electrons. The first-order valence-corrected chi connectivity index (χ1v) is 11.2. The van der Waals surface area contributed by atoms with E-state index in [1.807, 2.05) is 60.7 Å². The number of carbonyl (C=O) groups is 2. The van der Waals surface area contributed by atoms with E-state index in [2.05, 4.69) is 10.5 Å². The fourth-order valence-electron chi connectivity index (χ4n) is 2.69. The van der Waals surface area contributed by atoms with E-state index in [4.69, 9.17) is 4.74 Å². The van der Waals surface area contributed by atoms with Crippen LogP contribution in [0.3, 0.4) is 0 Å². The molecule has 0 aromatic heterocycles. The van der Waals surface area contributed by atoms with Crippen LogP contribution in [0.4, 0.5) is 0 Å². The molecule has 0 aliphatic carbocycles. The highest BCUT2D eigenvalue weighted by Crippen LogP contribution is 2.12. The molecule has 0 heterocycles. The number of benzene rings is 3. The van der Waals surface area contributed by atoms with Crippen LogP contribution in [0.5, 0.6) is 0 Å². The van der Waals surface area contributed by atoms with Crippen molar-refractivity contribution < 1.29 is 22.7 Å². The van der Waals surface area contributed by atoms with Gasteiger partial charge in [-0.25, -0.2) is 18.6 Å². The molecule has 0 aliphatic rings. The lowest BCUT2D eigenvalue weighted by Gasteiger charge is -2.08. The third kappa shape index (κ3) is 6.10. The summed E-state index contributed by atoms with van der Waals surface area (Å²) in [7, 11) is -3.36. The van der Waals surface area contributed by atoms with Crippen LogP contribution in [-0.2, 0) is 19.4 Å². The second-order valence-corrected chi connectivity index (χ2v) is 8.62. The highest BCUT2D eigenvalue weighted by molar-refractivity contribution is 7.90. The zero-order chi connectivity index (χ0) is 22.3. The number of esters is 1. The van der Waals surface area contributed by atoms with E-state index in [1.165, 1.54) is 24.3 Å². The van der Waals surface area contributed by atoms with Gasteiger partial charge in [-0.3, -0.25) is 4.79 Å². The van der Waals surface area contributed by atoms with E-state index in [1.54, 1.807) is 0 Å². The van der Waals surface area contributed by atoms with Gasteiger partial charge in [0, 0.05) is 17.4 Å². The number of amides is 1. The molecule has 0 radical (unpaired) electrons. The summed E-state index contributed by atoms with van der Waals surface area (Å²) in [6.07, 6.45) is 1.07. The van der Waals surface area contributed by atoms with Gasteiger partial charge in [0.05, 0.1) is 16.2 Å². The molecule has 1 amide bonds. The molecule has 0 bridgehead atoms. The van der Waals surface area contributed by atoms with Gasteiger partial charge in [-0.05, 0) is 24.3 Å². The number of hydrogen-bond donors (Lipinski definition) is 1. The summed E-state index contributed by atoms with van der Waals surface area (Å²) in [5.41, 5.74) is 4.75. The van der Waals surface area contributed by atoms with E-state index in [-0.39, 0.29) is 10.5 Å². The topological polar surface area (TPSA) is 102 Å². The summed E-state index contributed by atoms with van der Waals surface area (Å²) in [6, 6.07) is 24.0. The standard InChI is InChI=1S/C23H20N2O5S/c1-31(28,29)20-14-12-19(13-15-20)23(27)30-16-21(26)24-25-22(17-8-4-2-5-9-17)18-10-6-3-7-11-18/h2-15H,16H2,1H3,(H,24,26). The van der Waals surface area contributed by atoms with Gasteiger partial charge >= 0.3 is 5.97 Å². The Morgan fingerprint density at radius 3 is 1.81 bits per heavy atom. The van der Waals surface area contributed by atoms with Gasteiger partial charge in [0.1, 0.15) is 0 Å². The molecule has 8 heteroatoms. The van der Waals surface area contributed by atoms with Gasteiger partial charge in [0.15, 0.2) is 16.4 Å². The Hall–Kier alpha value is -3.78. The number of sulfone groups is 1. The summed E-state index contributed by atoms with van der Waals surface area (Å²) < 4.78 is 27.9. The second-order valence-electron chi connectivity index (χ2n) is 6.60. The molecular formula is C23H20N2O5S. The average Bonchev–Trinajstić information content (AvgIpc) is 2.78. The number of rotatable bonds is 7. The van der Waals surface area contributed by atoms with Crippen molar-refractivity contribution in [1.82, 2.24) is 5.43 Å². The summed E-state index contributed by atoms with van der Waals surface area (Å²) in [4.78, 5) is 24.3. The lowest BCUT2D eigenvalue weighted by atomic mass is 10.0. The average molecular weight is 436 g/mol. The first-order valence-electron chi connectivity index (χ1n) is 9.29. The van der Waals surface area contributed by atoms with Crippen molar-refractivity contribution in [3.8, 4) is 0 Å². The Morgan fingerprint density at radius 1 is 0.806 bits per heavy atom. The number of nitrogens with zero attached hydrogens (tertiary/aromatic N) is 1. The summed E-state index contributed by atoms with van der Waals surface area (Å²) >= 11 is 0. The van der Waals surface area contributed by atoms with Crippen molar-refractivity contribution >= 4 is 27.4 Å². The van der Waals surface area contributed by atoms with Crippen LogP contribution in [0.2, 0.25) is 0 Å². The number of nitrogens with one attached hydrogen (secondary N) is 1. The third-order valence-electron chi connectivity index (χ3n) is 4.24. The summed E-state index contributed by atoms with van der Waals surface area (Å²) in [5.74, 6) is -1.35. The fraction of sp³-hybridized carbons (Fsp3) is 0.0870. The predicted molar refractivity (Wildman–Crippen MR) is 116 cm³/mol.